The second-order valence-corrected chi connectivity index (χ2v) is 3.47. The fourth-order valence-electron chi connectivity index (χ4n) is 0.977. The first kappa shape index (κ1) is 13.9. The maximum atomic E-state index is 11.2. The summed E-state index contributed by atoms with van der Waals surface area (Å²) in [7, 11) is 0. The minimum Gasteiger partial charge on any atom is -0.480 e. The molecule has 0 aliphatic carbocycles. The third-order valence-electron chi connectivity index (χ3n) is 1.74. The van der Waals surface area contributed by atoms with Crippen LogP contribution in [0.15, 0.2) is 0 Å². The van der Waals surface area contributed by atoms with Gasteiger partial charge in [-0.3, -0.25) is 4.79 Å². The molecule has 6 heteroatoms. The van der Waals surface area contributed by atoms with Gasteiger partial charge >= 0.3 is 5.97 Å². The maximum absolute atomic E-state index is 11.2. The Balaban J connectivity index is 3.95. The van der Waals surface area contributed by atoms with Gasteiger partial charge < -0.3 is 20.9 Å². The van der Waals surface area contributed by atoms with Crippen molar-refractivity contribution in [3.05, 3.63) is 0 Å². The molecule has 0 aromatic rings. The van der Waals surface area contributed by atoms with E-state index in [0.717, 1.165) is 0 Å². The quantitative estimate of drug-likeness (QED) is 0.485. The van der Waals surface area contributed by atoms with Crippen LogP contribution in [0.3, 0.4) is 0 Å². The summed E-state index contributed by atoms with van der Waals surface area (Å²) in [5.74, 6) is -1.65. The van der Waals surface area contributed by atoms with E-state index in [-0.39, 0.29) is 19.1 Å². The molecule has 1 atom stereocenters. The number of carbonyl (C=O) groups is 2. The van der Waals surface area contributed by atoms with E-state index in [2.05, 4.69) is 5.32 Å². The molecule has 0 bridgehead atoms. The van der Waals surface area contributed by atoms with Crippen molar-refractivity contribution in [2.24, 2.45) is 11.7 Å². The van der Waals surface area contributed by atoms with Gasteiger partial charge in [-0.05, 0) is 5.92 Å². The largest absolute Gasteiger partial charge is 0.480 e. The summed E-state index contributed by atoms with van der Waals surface area (Å²) in [5.41, 5.74) is 5.16. The van der Waals surface area contributed by atoms with Crippen molar-refractivity contribution in [2.75, 3.05) is 19.8 Å². The molecular weight excluding hydrogens is 200 g/mol. The Hall–Kier alpha value is -1.14. The van der Waals surface area contributed by atoms with Crippen LogP contribution < -0.4 is 11.1 Å². The molecule has 0 heterocycles. The van der Waals surface area contributed by atoms with Crippen molar-refractivity contribution in [1.29, 1.82) is 0 Å². The molecule has 0 spiro atoms. The van der Waals surface area contributed by atoms with E-state index < -0.39 is 17.9 Å². The second-order valence-electron chi connectivity index (χ2n) is 3.47. The van der Waals surface area contributed by atoms with Gasteiger partial charge in [0.15, 0.2) is 0 Å². The number of rotatable bonds is 7. The highest BCUT2D eigenvalue weighted by Crippen LogP contribution is 2.01. The average Bonchev–Trinajstić information content (AvgIpc) is 2.13. The van der Waals surface area contributed by atoms with Crippen molar-refractivity contribution in [2.45, 2.75) is 19.9 Å². The molecule has 0 aliphatic rings. The summed E-state index contributed by atoms with van der Waals surface area (Å²) < 4.78 is 4.87. The molecule has 15 heavy (non-hydrogen) atoms. The minimum absolute atomic E-state index is 0.159. The monoisotopic (exact) mass is 218 g/mol. The predicted molar refractivity (Wildman–Crippen MR) is 54.3 cm³/mol. The SMILES string of the molecule is CC(C)[C@@H](NC(=O)COCCN)C(=O)O. The molecule has 0 fully saturated rings. The van der Waals surface area contributed by atoms with E-state index in [0.29, 0.717) is 6.54 Å². The molecule has 0 aromatic heterocycles. The summed E-state index contributed by atoms with van der Waals surface area (Å²) in [6.45, 7) is 3.90. The smallest absolute Gasteiger partial charge is 0.326 e. The van der Waals surface area contributed by atoms with E-state index >= 15 is 0 Å². The Morgan fingerprint density at radius 1 is 1.47 bits per heavy atom. The number of hydrogen-bond acceptors (Lipinski definition) is 4. The number of ether oxygens (including phenoxy) is 1. The number of carboxylic acids is 1. The van der Waals surface area contributed by atoms with Crippen molar-refractivity contribution < 1.29 is 19.4 Å². The highest BCUT2D eigenvalue weighted by atomic mass is 16.5. The topological polar surface area (TPSA) is 102 Å². The number of hydrogen-bond donors (Lipinski definition) is 3. The lowest BCUT2D eigenvalue weighted by Gasteiger charge is -2.17. The summed E-state index contributed by atoms with van der Waals surface area (Å²) >= 11 is 0. The van der Waals surface area contributed by atoms with E-state index in [1.165, 1.54) is 0 Å². The molecule has 0 saturated carbocycles. The van der Waals surface area contributed by atoms with Crippen LogP contribution in [-0.2, 0) is 14.3 Å². The van der Waals surface area contributed by atoms with Crippen LogP contribution in [0.4, 0.5) is 0 Å². The number of nitrogens with one attached hydrogen (secondary N) is 1. The van der Waals surface area contributed by atoms with Crippen LogP contribution in [0.25, 0.3) is 0 Å². The minimum atomic E-state index is -1.04. The molecular formula is C9H18N2O4. The zero-order chi connectivity index (χ0) is 11.8. The zero-order valence-electron chi connectivity index (χ0n) is 9.03. The first-order valence-corrected chi connectivity index (χ1v) is 4.79. The molecule has 0 radical (unpaired) electrons. The first-order chi connectivity index (χ1) is 6.99. The van der Waals surface area contributed by atoms with Gasteiger partial charge in [-0.25, -0.2) is 4.79 Å². The van der Waals surface area contributed by atoms with Gasteiger partial charge in [0.1, 0.15) is 12.6 Å². The Labute approximate surface area is 88.8 Å². The van der Waals surface area contributed by atoms with Crippen LogP contribution in [0.2, 0.25) is 0 Å². The number of amides is 1. The first-order valence-electron chi connectivity index (χ1n) is 4.79. The molecule has 0 unspecified atom stereocenters. The summed E-state index contributed by atoms with van der Waals surface area (Å²) in [5, 5.41) is 11.2. The van der Waals surface area contributed by atoms with Gasteiger partial charge in [-0.1, -0.05) is 13.8 Å². The second kappa shape index (κ2) is 7.19. The van der Waals surface area contributed by atoms with Gasteiger partial charge in [0.2, 0.25) is 5.91 Å². The number of nitrogens with two attached hydrogens (primary N) is 1. The molecule has 1 amide bonds. The van der Waals surface area contributed by atoms with Crippen molar-refractivity contribution in [3.63, 3.8) is 0 Å². The lowest BCUT2D eigenvalue weighted by molar-refractivity contribution is -0.143. The van der Waals surface area contributed by atoms with Crippen LogP contribution in [-0.4, -0.2) is 42.8 Å². The van der Waals surface area contributed by atoms with E-state index in [4.69, 9.17) is 15.6 Å². The maximum Gasteiger partial charge on any atom is 0.326 e. The number of carbonyl (C=O) groups excluding carboxylic acids is 1. The summed E-state index contributed by atoms with van der Waals surface area (Å²) in [4.78, 5) is 21.9. The van der Waals surface area contributed by atoms with E-state index in [9.17, 15) is 9.59 Å². The molecule has 6 nitrogen and oxygen atoms in total. The summed E-state index contributed by atoms with van der Waals surface area (Å²) in [6.07, 6.45) is 0. The fourth-order valence-corrected chi connectivity index (χ4v) is 0.977. The Morgan fingerprint density at radius 3 is 2.47 bits per heavy atom. The third kappa shape index (κ3) is 6.03. The molecule has 0 rings (SSSR count). The van der Waals surface area contributed by atoms with Crippen molar-refractivity contribution in [3.8, 4) is 0 Å². The van der Waals surface area contributed by atoms with E-state index in [1.54, 1.807) is 13.8 Å². The molecule has 88 valence electrons. The summed E-state index contributed by atoms with van der Waals surface area (Å²) in [6, 6.07) is -0.876. The fraction of sp³-hybridized carbons (Fsp3) is 0.778. The van der Waals surface area contributed by atoms with Gasteiger partial charge in [-0.2, -0.15) is 0 Å². The van der Waals surface area contributed by atoms with Gasteiger partial charge in [0.25, 0.3) is 0 Å². The Kier molecular flexibility index (Phi) is 6.64. The van der Waals surface area contributed by atoms with Gasteiger partial charge in [0.05, 0.1) is 6.61 Å². The number of carboxylic acid groups (broad SMARTS) is 1. The zero-order valence-corrected chi connectivity index (χ0v) is 9.03. The lowest BCUT2D eigenvalue weighted by atomic mass is 10.1. The normalized spacial score (nSPS) is 12.5. The Morgan fingerprint density at radius 2 is 2.07 bits per heavy atom. The standard InChI is InChI=1S/C9H18N2O4/c1-6(2)8(9(13)14)11-7(12)5-15-4-3-10/h6,8H,3-5,10H2,1-2H3,(H,11,12)(H,13,14)/t8-/m1/s1. The van der Waals surface area contributed by atoms with Crippen molar-refractivity contribution >= 4 is 11.9 Å². The molecule has 4 N–H and O–H groups in total. The third-order valence-corrected chi connectivity index (χ3v) is 1.74. The predicted octanol–water partition coefficient (Wildman–Crippen LogP) is -0.813. The average molecular weight is 218 g/mol. The number of aliphatic carboxylic acids is 1. The lowest BCUT2D eigenvalue weighted by Crippen LogP contribution is -2.45. The molecule has 0 aromatic carbocycles. The van der Waals surface area contributed by atoms with Crippen LogP contribution in [0.1, 0.15) is 13.8 Å². The highest BCUT2D eigenvalue weighted by molar-refractivity contribution is 5.84. The molecule has 0 aliphatic heterocycles. The Bertz CT molecular complexity index is 218. The highest BCUT2D eigenvalue weighted by Gasteiger charge is 2.22. The van der Waals surface area contributed by atoms with E-state index in [1.807, 2.05) is 0 Å². The van der Waals surface area contributed by atoms with Gasteiger partial charge in [-0.15, -0.1) is 0 Å². The van der Waals surface area contributed by atoms with Crippen LogP contribution in [0, 0.1) is 5.92 Å². The van der Waals surface area contributed by atoms with Crippen LogP contribution >= 0.6 is 0 Å². The molecule has 0 saturated heterocycles. The van der Waals surface area contributed by atoms with Gasteiger partial charge in [0, 0.05) is 6.54 Å². The van der Waals surface area contributed by atoms with Crippen molar-refractivity contribution in [1.82, 2.24) is 5.32 Å². The van der Waals surface area contributed by atoms with Crippen LogP contribution in [0.5, 0.6) is 0 Å².